The van der Waals surface area contributed by atoms with Gasteiger partial charge in [0, 0.05) is 0 Å². The molecule has 0 aliphatic carbocycles. The van der Waals surface area contributed by atoms with E-state index >= 15 is 0 Å². The first-order chi connectivity index (χ1) is 15.8. The van der Waals surface area contributed by atoms with Gasteiger partial charge in [-0.05, 0) is 88.4 Å². The third-order valence-corrected chi connectivity index (χ3v) is 7.74. The Morgan fingerprint density at radius 3 is 2.48 bits per heavy atom. The summed E-state index contributed by atoms with van der Waals surface area (Å²) in [7, 11) is 1.64. The number of benzene rings is 2. The third kappa shape index (κ3) is 4.67. The summed E-state index contributed by atoms with van der Waals surface area (Å²) in [6.45, 7) is 3.79. The van der Waals surface area contributed by atoms with Crippen molar-refractivity contribution in [1.82, 2.24) is 4.57 Å². The lowest BCUT2D eigenvalue weighted by atomic mass is 9.96. The van der Waals surface area contributed by atoms with Crippen molar-refractivity contribution in [2.45, 2.75) is 19.9 Å². The number of rotatable bonds is 5. The molecule has 0 radical (unpaired) electrons. The molecular formula is C24H20I2N2O4S. The highest BCUT2D eigenvalue weighted by Crippen LogP contribution is 2.31. The maximum Gasteiger partial charge on any atom is 0.338 e. The Kier molecular flexibility index (Phi) is 7.39. The molecule has 0 saturated carbocycles. The number of ether oxygens (including phenoxy) is 2. The predicted octanol–water partition coefficient (Wildman–Crippen LogP) is 4.02. The van der Waals surface area contributed by atoms with Crippen molar-refractivity contribution in [2.24, 2.45) is 4.99 Å². The predicted molar refractivity (Wildman–Crippen MR) is 145 cm³/mol. The summed E-state index contributed by atoms with van der Waals surface area (Å²) in [5.74, 6) is 0.356. The summed E-state index contributed by atoms with van der Waals surface area (Å²) < 4.78 is 14.8. The molecule has 1 aromatic heterocycles. The average molecular weight is 686 g/mol. The monoisotopic (exact) mass is 686 g/mol. The van der Waals surface area contributed by atoms with Crippen molar-refractivity contribution in [3.05, 3.63) is 91.7 Å². The van der Waals surface area contributed by atoms with Gasteiger partial charge < -0.3 is 9.47 Å². The topological polar surface area (TPSA) is 69.9 Å². The number of carbonyl (C=O) groups excluding carboxylic acids is 1. The molecule has 1 aliphatic rings. The van der Waals surface area contributed by atoms with Gasteiger partial charge in [-0.15, -0.1) is 0 Å². The van der Waals surface area contributed by atoms with E-state index in [0.717, 1.165) is 24.0 Å². The summed E-state index contributed by atoms with van der Waals surface area (Å²) in [5.41, 5.74) is 2.48. The number of hydrogen-bond donors (Lipinski definition) is 0. The van der Waals surface area contributed by atoms with E-state index in [-0.39, 0.29) is 12.2 Å². The van der Waals surface area contributed by atoms with E-state index < -0.39 is 12.0 Å². The lowest BCUT2D eigenvalue weighted by molar-refractivity contribution is -0.139. The van der Waals surface area contributed by atoms with E-state index in [1.807, 2.05) is 48.5 Å². The van der Waals surface area contributed by atoms with Gasteiger partial charge >= 0.3 is 5.97 Å². The molecule has 1 unspecified atom stereocenters. The van der Waals surface area contributed by atoms with Crippen molar-refractivity contribution in [3.8, 4) is 5.75 Å². The zero-order valence-corrected chi connectivity index (χ0v) is 23.2. The van der Waals surface area contributed by atoms with Gasteiger partial charge in [-0.3, -0.25) is 9.36 Å². The summed E-state index contributed by atoms with van der Waals surface area (Å²) in [5, 5.41) is 0. The number of methoxy groups -OCH3 is 1. The van der Waals surface area contributed by atoms with Crippen LogP contribution in [0.4, 0.5) is 0 Å². The largest absolute Gasteiger partial charge is 0.495 e. The summed E-state index contributed by atoms with van der Waals surface area (Å²) >= 11 is 5.76. The molecule has 0 fully saturated rings. The van der Waals surface area contributed by atoms with E-state index in [9.17, 15) is 9.59 Å². The molecule has 4 rings (SSSR count). The maximum absolute atomic E-state index is 13.6. The number of hydrogen-bond acceptors (Lipinski definition) is 6. The van der Waals surface area contributed by atoms with Crippen molar-refractivity contribution in [3.63, 3.8) is 0 Å². The van der Waals surface area contributed by atoms with Crippen LogP contribution < -0.4 is 19.6 Å². The van der Waals surface area contributed by atoms with Crippen molar-refractivity contribution >= 4 is 68.6 Å². The molecule has 33 heavy (non-hydrogen) atoms. The molecule has 0 amide bonds. The van der Waals surface area contributed by atoms with Gasteiger partial charge in [-0.1, -0.05) is 41.7 Å². The van der Waals surface area contributed by atoms with Crippen LogP contribution in [0.3, 0.4) is 0 Å². The smallest absolute Gasteiger partial charge is 0.338 e. The van der Waals surface area contributed by atoms with Crippen LogP contribution in [0.2, 0.25) is 0 Å². The first kappa shape index (κ1) is 24.1. The number of allylic oxidation sites excluding steroid dienone is 1. The number of nitrogens with zero attached hydrogens (tertiary/aromatic N) is 2. The average Bonchev–Trinajstić information content (AvgIpc) is 3.08. The Hall–Kier alpha value is -1.99. The minimum Gasteiger partial charge on any atom is -0.495 e. The molecule has 0 spiro atoms. The van der Waals surface area contributed by atoms with Crippen LogP contribution in [-0.4, -0.2) is 24.3 Å². The Labute approximate surface area is 221 Å². The lowest BCUT2D eigenvalue weighted by Gasteiger charge is -2.24. The van der Waals surface area contributed by atoms with Gasteiger partial charge in [0.05, 0.1) is 42.7 Å². The van der Waals surface area contributed by atoms with Crippen LogP contribution in [0.1, 0.15) is 31.0 Å². The first-order valence-electron chi connectivity index (χ1n) is 10.1. The number of esters is 1. The van der Waals surface area contributed by atoms with Crippen LogP contribution in [-0.2, 0) is 9.53 Å². The van der Waals surface area contributed by atoms with Crippen LogP contribution in [0.5, 0.6) is 5.75 Å². The summed E-state index contributed by atoms with van der Waals surface area (Å²) in [6, 6.07) is 12.9. The van der Waals surface area contributed by atoms with Crippen LogP contribution in [0, 0.1) is 7.14 Å². The number of thiazole rings is 1. The normalized spacial score (nSPS) is 15.8. The quantitative estimate of drug-likeness (QED) is 0.301. The highest BCUT2D eigenvalue weighted by atomic mass is 127. The number of aromatic nitrogens is 1. The zero-order chi connectivity index (χ0) is 23.7. The third-order valence-electron chi connectivity index (χ3n) is 5.15. The van der Waals surface area contributed by atoms with Crippen LogP contribution in [0.25, 0.3) is 6.08 Å². The van der Waals surface area contributed by atoms with Gasteiger partial charge in [0.2, 0.25) is 0 Å². The molecule has 9 heteroatoms. The summed E-state index contributed by atoms with van der Waals surface area (Å²) in [4.78, 5) is 31.6. The molecule has 0 bridgehead atoms. The second kappa shape index (κ2) is 10.1. The van der Waals surface area contributed by atoms with E-state index in [2.05, 4.69) is 50.2 Å². The molecule has 0 N–H and O–H groups in total. The molecule has 170 valence electrons. The molecule has 1 atom stereocenters. The molecule has 0 saturated heterocycles. The minimum atomic E-state index is -0.597. The van der Waals surface area contributed by atoms with Crippen LogP contribution >= 0.6 is 56.5 Å². The molecule has 6 nitrogen and oxygen atoms in total. The van der Waals surface area contributed by atoms with Gasteiger partial charge in [0.25, 0.3) is 5.56 Å². The highest BCUT2D eigenvalue weighted by Gasteiger charge is 2.33. The first-order valence-corrected chi connectivity index (χ1v) is 13.1. The van der Waals surface area contributed by atoms with Gasteiger partial charge in [-0.25, -0.2) is 9.79 Å². The fourth-order valence-corrected chi connectivity index (χ4v) is 7.05. The van der Waals surface area contributed by atoms with Crippen molar-refractivity contribution < 1.29 is 14.3 Å². The van der Waals surface area contributed by atoms with Gasteiger partial charge in [-0.2, -0.15) is 0 Å². The van der Waals surface area contributed by atoms with Crippen molar-refractivity contribution in [1.29, 1.82) is 0 Å². The Morgan fingerprint density at radius 2 is 1.88 bits per heavy atom. The standard InChI is InChI=1S/C24H20I2N2O4S/c1-4-32-23(30)19-13(2)27-24-28(20(19)15-8-6-5-7-9-15)22(29)18(33-24)12-14-10-16(25)21(31-3)17(26)11-14/h5-12,20H,4H2,1-3H3. The second-order valence-corrected chi connectivity index (χ2v) is 10.6. The second-order valence-electron chi connectivity index (χ2n) is 7.23. The van der Waals surface area contributed by atoms with Gasteiger partial charge in [0.1, 0.15) is 5.75 Å². The SMILES string of the molecule is CCOC(=O)C1=C(C)N=c2sc(=Cc3cc(I)c(OC)c(I)c3)c(=O)n2C1c1ccccc1. The van der Waals surface area contributed by atoms with Crippen LogP contribution in [0.15, 0.2) is 63.5 Å². The van der Waals surface area contributed by atoms with Crippen molar-refractivity contribution in [2.75, 3.05) is 13.7 Å². The number of fused-ring (bicyclic) bond motifs is 1. The number of carbonyl (C=O) groups is 1. The fourth-order valence-electron chi connectivity index (χ4n) is 3.75. The Balaban J connectivity index is 1.94. The highest BCUT2D eigenvalue weighted by molar-refractivity contribution is 14.1. The van der Waals surface area contributed by atoms with Gasteiger partial charge in [0.15, 0.2) is 4.80 Å². The molecule has 1 aliphatic heterocycles. The molecule has 2 heterocycles. The zero-order valence-electron chi connectivity index (χ0n) is 18.1. The van der Waals surface area contributed by atoms with E-state index in [4.69, 9.17) is 9.47 Å². The summed E-state index contributed by atoms with van der Waals surface area (Å²) in [6.07, 6.45) is 1.86. The minimum absolute atomic E-state index is 0.192. The van der Waals surface area contributed by atoms with E-state index in [1.165, 1.54) is 11.3 Å². The lowest BCUT2D eigenvalue weighted by Crippen LogP contribution is -2.39. The molecular weight excluding hydrogens is 666 g/mol. The fraction of sp³-hybridized carbons (Fsp3) is 0.208. The number of halogens is 2. The Bertz CT molecular complexity index is 1420. The molecule has 3 aromatic rings. The van der Waals surface area contributed by atoms with E-state index in [1.54, 1.807) is 25.5 Å². The maximum atomic E-state index is 13.6. The van der Waals surface area contributed by atoms with E-state index in [0.29, 0.717) is 20.6 Å². The molecule has 2 aromatic carbocycles. The Morgan fingerprint density at radius 1 is 1.21 bits per heavy atom.